The third kappa shape index (κ3) is 12.5. The van der Waals surface area contributed by atoms with Crippen LogP contribution >= 0.6 is 11.6 Å². The molecule has 2 atom stereocenters. The Balaban J connectivity index is 1.45. The average Bonchev–Trinajstić information content (AvgIpc) is 3.11. The fourth-order valence-corrected chi connectivity index (χ4v) is 5.89. The number of likely N-dealkylation sites (tertiary alicyclic amines) is 1. The van der Waals surface area contributed by atoms with Crippen LogP contribution in [0, 0.1) is 17.2 Å². The first-order valence-electron chi connectivity index (χ1n) is 17.3. The van der Waals surface area contributed by atoms with E-state index in [9.17, 15) is 28.4 Å². The Bertz CT molecular complexity index is 1660. The van der Waals surface area contributed by atoms with Crippen LogP contribution in [-0.2, 0) is 32.1 Å². The molecule has 0 aliphatic carbocycles. The highest BCUT2D eigenvalue weighted by atomic mass is 35.5. The first-order chi connectivity index (χ1) is 24.3. The van der Waals surface area contributed by atoms with Crippen molar-refractivity contribution in [3.63, 3.8) is 0 Å². The normalized spacial score (nSPS) is 14.6. The van der Waals surface area contributed by atoms with E-state index in [1.54, 1.807) is 23.1 Å². The van der Waals surface area contributed by atoms with Gasteiger partial charge < -0.3 is 26.2 Å². The Labute approximate surface area is 303 Å². The van der Waals surface area contributed by atoms with Gasteiger partial charge in [-0.05, 0) is 72.6 Å². The molecule has 1 aliphatic rings. The van der Waals surface area contributed by atoms with Crippen molar-refractivity contribution in [3.05, 3.63) is 106 Å². The highest BCUT2D eigenvalue weighted by molar-refractivity contribution is 6.31. The Morgan fingerprint density at radius 2 is 1.47 bits per heavy atom. The van der Waals surface area contributed by atoms with Crippen LogP contribution in [-0.4, -0.2) is 66.2 Å². The zero-order valence-corrected chi connectivity index (χ0v) is 30.1. The van der Waals surface area contributed by atoms with Crippen molar-refractivity contribution in [1.29, 1.82) is 0 Å². The summed E-state index contributed by atoms with van der Waals surface area (Å²) in [6, 6.07) is 19.7. The van der Waals surface area contributed by atoms with Crippen LogP contribution in [0.5, 0.6) is 0 Å². The number of rotatable bonds is 14. The van der Waals surface area contributed by atoms with Crippen molar-refractivity contribution in [2.45, 2.75) is 71.5 Å². The number of benzene rings is 3. The van der Waals surface area contributed by atoms with Crippen molar-refractivity contribution in [1.82, 2.24) is 26.2 Å². The molecule has 3 aromatic carbocycles. The quantitative estimate of drug-likeness (QED) is 0.190. The second kappa shape index (κ2) is 18.5. The lowest BCUT2D eigenvalue weighted by Crippen LogP contribution is -2.56. The second-order valence-corrected chi connectivity index (χ2v) is 14.5. The molecule has 3 aromatic rings. The largest absolute Gasteiger partial charge is 0.355 e. The van der Waals surface area contributed by atoms with Crippen molar-refractivity contribution < 1.29 is 28.4 Å². The van der Waals surface area contributed by atoms with Crippen LogP contribution in [0.2, 0.25) is 5.02 Å². The molecule has 0 saturated carbocycles. The van der Waals surface area contributed by atoms with Crippen LogP contribution in [0.1, 0.15) is 67.9 Å². The highest BCUT2D eigenvalue weighted by Gasteiger charge is 2.33. The van der Waals surface area contributed by atoms with Gasteiger partial charge in [0.1, 0.15) is 17.9 Å². The molecule has 1 aliphatic heterocycles. The molecule has 0 radical (unpaired) electrons. The van der Waals surface area contributed by atoms with E-state index in [0.717, 1.165) is 5.56 Å². The molecule has 0 bridgehead atoms. The molecule has 272 valence electrons. The molecule has 0 unspecified atom stereocenters. The molecule has 5 amide bonds. The molecule has 51 heavy (non-hydrogen) atoms. The van der Waals surface area contributed by atoms with E-state index in [1.807, 2.05) is 57.2 Å². The number of halogens is 2. The number of carbonyl (C=O) groups is 5. The van der Waals surface area contributed by atoms with Gasteiger partial charge in [0.15, 0.2) is 0 Å². The Morgan fingerprint density at radius 1 is 0.824 bits per heavy atom. The Kier molecular flexibility index (Phi) is 14.1. The average molecular weight is 720 g/mol. The molecular formula is C39H47ClFN5O5. The lowest BCUT2D eigenvalue weighted by atomic mass is 9.94. The van der Waals surface area contributed by atoms with E-state index in [2.05, 4.69) is 21.3 Å². The predicted octanol–water partition coefficient (Wildman–Crippen LogP) is 4.80. The standard InChI is InChI=1S/C39H47ClFN5O5/c1-39(2,3)25-43-34(47)23-33(45-35(48)27-19-21-46(22-20-27)38(51)28-14-16-30(41)17-15-28)37(50)44-32(18-13-26-9-5-4-6-10-26)36(49)42-24-29-11-7-8-12-31(29)40/h4-12,14-17,27,32-33H,13,18-25H2,1-3H3,(H,42,49)(H,43,47)(H,44,50)(H,45,48)/t32-,33-/m0/s1. The minimum absolute atomic E-state index is 0.147. The van der Waals surface area contributed by atoms with E-state index in [4.69, 9.17) is 11.6 Å². The summed E-state index contributed by atoms with van der Waals surface area (Å²) in [5.74, 6) is -3.14. The number of nitrogens with one attached hydrogen (secondary N) is 4. The van der Waals surface area contributed by atoms with Crippen molar-refractivity contribution >= 4 is 41.1 Å². The molecule has 0 spiro atoms. The summed E-state index contributed by atoms with van der Waals surface area (Å²) in [5.41, 5.74) is 1.84. The fourth-order valence-electron chi connectivity index (χ4n) is 5.68. The number of amides is 5. The van der Waals surface area contributed by atoms with Crippen LogP contribution in [0.15, 0.2) is 78.9 Å². The lowest BCUT2D eigenvalue weighted by Gasteiger charge is -2.32. The first-order valence-corrected chi connectivity index (χ1v) is 17.6. The summed E-state index contributed by atoms with van der Waals surface area (Å²) in [7, 11) is 0. The van der Waals surface area contributed by atoms with Gasteiger partial charge in [0, 0.05) is 42.7 Å². The molecule has 4 N–H and O–H groups in total. The third-order valence-corrected chi connectivity index (χ3v) is 9.06. The zero-order valence-electron chi connectivity index (χ0n) is 29.3. The summed E-state index contributed by atoms with van der Waals surface area (Å²) >= 11 is 6.29. The Morgan fingerprint density at radius 3 is 2.12 bits per heavy atom. The molecule has 12 heteroatoms. The van der Waals surface area contributed by atoms with Gasteiger partial charge in [-0.2, -0.15) is 0 Å². The number of piperidine rings is 1. The minimum Gasteiger partial charge on any atom is -0.355 e. The van der Waals surface area contributed by atoms with Gasteiger partial charge in [-0.15, -0.1) is 0 Å². The molecule has 1 saturated heterocycles. The third-order valence-electron chi connectivity index (χ3n) is 8.69. The van der Waals surface area contributed by atoms with E-state index in [-0.39, 0.29) is 30.7 Å². The van der Waals surface area contributed by atoms with Gasteiger partial charge in [-0.1, -0.05) is 80.9 Å². The number of hydrogen-bond acceptors (Lipinski definition) is 5. The Hall–Kier alpha value is -4.77. The van der Waals surface area contributed by atoms with Crippen molar-refractivity contribution in [3.8, 4) is 0 Å². The molecule has 1 heterocycles. The fraction of sp³-hybridized carbons (Fsp3) is 0.410. The minimum atomic E-state index is -1.26. The second-order valence-electron chi connectivity index (χ2n) is 14.1. The molecule has 0 aromatic heterocycles. The number of aryl methyl sites for hydroxylation is 1. The van der Waals surface area contributed by atoms with Crippen LogP contribution in [0.3, 0.4) is 0 Å². The van der Waals surface area contributed by atoms with Gasteiger partial charge in [0.2, 0.25) is 23.6 Å². The van der Waals surface area contributed by atoms with Crippen LogP contribution in [0.4, 0.5) is 4.39 Å². The molecule has 10 nitrogen and oxygen atoms in total. The van der Waals surface area contributed by atoms with Crippen molar-refractivity contribution in [2.75, 3.05) is 19.6 Å². The maximum atomic E-state index is 13.9. The number of hydrogen-bond donors (Lipinski definition) is 4. The SMILES string of the molecule is CC(C)(C)CNC(=O)C[C@H](NC(=O)C1CCN(C(=O)c2ccc(F)cc2)CC1)C(=O)N[C@@H](CCc1ccccc1)C(=O)NCc1ccccc1Cl. The summed E-state index contributed by atoms with van der Waals surface area (Å²) in [4.78, 5) is 68.6. The lowest BCUT2D eigenvalue weighted by molar-refractivity contribution is -0.135. The maximum Gasteiger partial charge on any atom is 0.253 e. The number of carbonyl (C=O) groups excluding carboxylic acids is 5. The van der Waals surface area contributed by atoms with E-state index in [0.29, 0.717) is 55.0 Å². The number of nitrogens with zero attached hydrogens (tertiary/aromatic N) is 1. The summed E-state index contributed by atoms with van der Waals surface area (Å²) in [6.45, 7) is 6.99. The van der Waals surface area contributed by atoms with Gasteiger partial charge in [0.05, 0.1) is 6.42 Å². The van der Waals surface area contributed by atoms with Crippen LogP contribution < -0.4 is 21.3 Å². The molecular weight excluding hydrogens is 673 g/mol. The zero-order chi connectivity index (χ0) is 37.0. The molecule has 1 fully saturated rings. The summed E-state index contributed by atoms with van der Waals surface area (Å²) < 4.78 is 13.4. The maximum absolute atomic E-state index is 13.9. The highest BCUT2D eigenvalue weighted by Crippen LogP contribution is 2.21. The van der Waals surface area contributed by atoms with Gasteiger partial charge in [-0.3, -0.25) is 24.0 Å². The van der Waals surface area contributed by atoms with Gasteiger partial charge >= 0.3 is 0 Å². The van der Waals surface area contributed by atoms with Crippen LogP contribution in [0.25, 0.3) is 0 Å². The van der Waals surface area contributed by atoms with E-state index in [1.165, 1.54) is 24.3 Å². The van der Waals surface area contributed by atoms with Crippen molar-refractivity contribution in [2.24, 2.45) is 11.3 Å². The van der Waals surface area contributed by atoms with E-state index < -0.39 is 47.4 Å². The predicted molar refractivity (Wildman–Crippen MR) is 194 cm³/mol. The first kappa shape index (κ1) is 39.0. The molecule has 4 rings (SSSR count). The monoisotopic (exact) mass is 719 g/mol. The summed E-state index contributed by atoms with van der Waals surface area (Å²) in [5, 5.41) is 11.8. The topological polar surface area (TPSA) is 137 Å². The van der Waals surface area contributed by atoms with E-state index >= 15 is 0 Å². The van der Waals surface area contributed by atoms with Gasteiger partial charge in [-0.25, -0.2) is 4.39 Å². The smallest absolute Gasteiger partial charge is 0.253 e. The van der Waals surface area contributed by atoms with Gasteiger partial charge in [0.25, 0.3) is 5.91 Å². The summed E-state index contributed by atoms with van der Waals surface area (Å²) in [6.07, 6.45) is 1.11.